The Morgan fingerprint density at radius 1 is 1.10 bits per heavy atom. The highest BCUT2D eigenvalue weighted by Gasteiger charge is 2.24. The molecule has 1 aliphatic heterocycles. The summed E-state index contributed by atoms with van der Waals surface area (Å²) in [6, 6.07) is 5.48. The highest BCUT2D eigenvalue weighted by molar-refractivity contribution is 5.88. The standard InChI is InChI=1S/C22H28N6O/c1-15-24-18-13-23-10-7-17(18)21(25-15)27-11-8-16(9-12-27)14-28-20(29)6-5-19(26-28)22(2,3)4/h5-7,10,13,16H,8-9,11-12,14H2,1-4H3. The van der Waals surface area contributed by atoms with Crippen LogP contribution in [-0.4, -0.2) is 37.8 Å². The molecule has 3 aromatic heterocycles. The SMILES string of the molecule is Cc1nc(N2CCC(Cn3nc(C(C)(C)C)ccc3=O)CC2)c2ccncc2n1. The molecule has 4 rings (SSSR count). The van der Waals surface area contributed by atoms with Gasteiger partial charge >= 0.3 is 0 Å². The molecule has 0 radical (unpaired) electrons. The van der Waals surface area contributed by atoms with Crippen LogP contribution in [0.3, 0.4) is 0 Å². The largest absolute Gasteiger partial charge is 0.356 e. The molecule has 0 aromatic carbocycles. The van der Waals surface area contributed by atoms with Gasteiger partial charge in [0.1, 0.15) is 11.6 Å². The number of rotatable bonds is 3. The lowest BCUT2D eigenvalue weighted by Gasteiger charge is -2.33. The smallest absolute Gasteiger partial charge is 0.266 e. The first-order chi connectivity index (χ1) is 13.8. The molecule has 1 saturated heterocycles. The minimum atomic E-state index is -0.0698. The summed E-state index contributed by atoms with van der Waals surface area (Å²) in [5, 5.41) is 5.67. The van der Waals surface area contributed by atoms with Gasteiger partial charge in [-0.15, -0.1) is 0 Å². The van der Waals surface area contributed by atoms with E-state index in [0.29, 0.717) is 12.5 Å². The van der Waals surface area contributed by atoms with Crippen molar-refractivity contribution in [3.8, 4) is 0 Å². The topological polar surface area (TPSA) is 76.8 Å². The number of aromatic nitrogens is 5. The summed E-state index contributed by atoms with van der Waals surface area (Å²) in [6.07, 6.45) is 5.59. The lowest BCUT2D eigenvalue weighted by molar-refractivity contribution is 0.329. The summed E-state index contributed by atoms with van der Waals surface area (Å²) in [6.45, 7) is 10.8. The first-order valence-electron chi connectivity index (χ1n) is 10.2. The predicted octanol–water partition coefficient (Wildman–Crippen LogP) is 3.10. The Kier molecular flexibility index (Phi) is 5.06. The van der Waals surface area contributed by atoms with Crippen LogP contribution >= 0.6 is 0 Å². The number of aryl methyl sites for hydroxylation is 1. The fourth-order valence-corrected chi connectivity index (χ4v) is 3.87. The van der Waals surface area contributed by atoms with E-state index in [4.69, 9.17) is 4.98 Å². The Bertz CT molecular complexity index is 1080. The second kappa shape index (κ2) is 7.54. The van der Waals surface area contributed by atoms with Crippen LogP contribution in [0.5, 0.6) is 0 Å². The normalized spacial score (nSPS) is 15.8. The van der Waals surface area contributed by atoms with E-state index in [1.54, 1.807) is 23.1 Å². The zero-order valence-electron chi connectivity index (χ0n) is 17.6. The highest BCUT2D eigenvalue weighted by atomic mass is 16.1. The molecular formula is C22H28N6O. The third kappa shape index (κ3) is 4.13. The van der Waals surface area contributed by atoms with Crippen molar-refractivity contribution in [2.75, 3.05) is 18.0 Å². The lowest BCUT2D eigenvalue weighted by atomic mass is 9.92. The number of hydrogen-bond donors (Lipinski definition) is 0. The van der Waals surface area contributed by atoms with Gasteiger partial charge in [-0.3, -0.25) is 9.78 Å². The molecule has 0 spiro atoms. The van der Waals surface area contributed by atoms with Crippen LogP contribution < -0.4 is 10.5 Å². The Labute approximate surface area is 170 Å². The molecule has 7 heteroatoms. The molecule has 0 bridgehead atoms. The molecule has 0 unspecified atom stereocenters. The number of anilines is 1. The van der Waals surface area contributed by atoms with Crippen molar-refractivity contribution in [2.45, 2.75) is 52.5 Å². The van der Waals surface area contributed by atoms with E-state index in [1.165, 1.54) is 0 Å². The second-order valence-corrected chi connectivity index (χ2v) is 8.91. The van der Waals surface area contributed by atoms with Crippen molar-refractivity contribution in [3.63, 3.8) is 0 Å². The van der Waals surface area contributed by atoms with Crippen molar-refractivity contribution in [2.24, 2.45) is 5.92 Å². The lowest BCUT2D eigenvalue weighted by Crippen LogP contribution is -2.38. The third-order valence-corrected chi connectivity index (χ3v) is 5.57. The van der Waals surface area contributed by atoms with Gasteiger partial charge in [0, 0.05) is 42.7 Å². The van der Waals surface area contributed by atoms with Crippen molar-refractivity contribution in [1.29, 1.82) is 0 Å². The summed E-state index contributed by atoms with van der Waals surface area (Å²) in [5.41, 5.74) is 1.74. The minimum absolute atomic E-state index is 0.0228. The summed E-state index contributed by atoms with van der Waals surface area (Å²) in [4.78, 5) is 28.0. The third-order valence-electron chi connectivity index (χ3n) is 5.57. The molecule has 152 valence electrons. The van der Waals surface area contributed by atoms with Gasteiger partial charge in [0.15, 0.2) is 0 Å². The van der Waals surface area contributed by atoms with E-state index in [1.807, 2.05) is 19.1 Å². The zero-order chi connectivity index (χ0) is 20.6. The van der Waals surface area contributed by atoms with Gasteiger partial charge in [0.2, 0.25) is 0 Å². The molecule has 0 atom stereocenters. The Balaban J connectivity index is 1.49. The molecule has 29 heavy (non-hydrogen) atoms. The van der Waals surface area contributed by atoms with E-state index in [2.05, 4.69) is 40.7 Å². The molecular weight excluding hydrogens is 364 g/mol. The fourth-order valence-electron chi connectivity index (χ4n) is 3.87. The molecule has 0 aliphatic carbocycles. The van der Waals surface area contributed by atoms with E-state index in [9.17, 15) is 4.79 Å². The van der Waals surface area contributed by atoms with Crippen molar-refractivity contribution in [1.82, 2.24) is 24.7 Å². The summed E-state index contributed by atoms with van der Waals surface area (Å²) >= 11 is 0. The number of piperidine rings is 1. The fraction of sp³-hybridized carbons (Fsp3) is 0.500. The van der Waals surface area contributed by atoms with Crippen LogP contribution in [0, 0.1) is 12.8 Å². The van der Waals surface area contributed by atoms with Gasteiger partial charge < -0.3 is 4.90 Å². The summed E-state index contributed by atoms with van der Waals surface area (Å²) in [7, 11) is 0. The van der Waals surface area contributed by atoms with Gasteiger partial charge in [0.25, 0.3) is 5.56 Å². The van der Waals surface area contributed by atoms with Gasteiger partial charge in [-0.1, -0.05) is 20.8 Å². The molecule has 4 heterocycles. The Morgan fingerprint density at radius 2 is 1.86 bits per heavy atom. The molecule has 1 fully saturated rings. The molecule has 0 amide bonds. The minimum Gasteiger partial charge on any atom is -0.356 e. The van der Waals surface area contributed by atoms with Crippen LogP contribution in [0.1, 0.15) is 45.1 Å². The number of hydrogen-bond acceptors (Lipinski definition) is 6. The van der Waals surface area contributed by atoms with Crippen LogP contribution in [0.25, 0.3) is 10.9 Å². The maximum Gasteiger partial charge on any atom is 0.266 e. The van der Waals surface area contributed by atoms with Crippen molar-refractivity contribution >= 4 is 16.7 Å². The van der Waals surface area contributed by atoms with Gasteiger partial charge in [-0.05, 0) is 37.8 Å². The summed E-state index contributed by atoms with van der Waals surface area (Å²) < 4.78 is 1.65. The summed E-state index contributed by atoms with van der Waals surface area (Å²) in [5.74, 6) is 2.18. The molecule has 0 saturated carbocycles. The van der Waals surface area contributed by atoms with E-state index in [-0.39, 0.29) is 11.0 Å². The Morgan fingerprint density at radius 3 is 2.59 bits per heavy atom. The Hall–Kier alpha value is -2.83. The van der Waals surface area contributed by atoms with Gasteiger partial charge in [-0.2, -0.15) is 5.10 Å². The first kappa shape index (κ1) is 19.5. The monoisotopic (exact) mass is 392 g/mol. The number of fused-ring (bicyclic) bond motifs is 1. The maximum atomic E-state index is 12.3. The molecule has 0 N–H and O–H groups in total. The van der Waals surface area contributed by atoms with E-state index < -0.39 is 0 Å². The van der Waals surface area contributed by atoms with Crippen molar-refractivity contribution < 1.29 is 0 Å². The van der Waals surface area contributed by atoms with Gasteiger partial charge in [0.05, 0.1) is 17.4 Å². The zero-order valence-corrected chi connectivity index (χ0v) is 17.6. The van der Waals surface area contributed by atoms with Crippen LogP contribution in [0.15, 0.2) is 35.4 Å². The highest BCUT2D eigenvalue weighted by Crippen LogP contribution is 2.28. The molecule has 3 aromatic rings. The molecule has 1 aliphatic rings. The van der Waals surface area contributed by atoms with E-state index in [0.717, 1.165) is 54.2 Å². The average Bonchev–Trinajstić information content (AvgIpc) is 2.69. The maximum absolute atomic E-state index is 12.3. The van der Waals surface area contributed by atoms with Crippen molar-refractivity contribution in [3.05, 3.63) is 52.5 Å². The van der Waals surface area contributed by atoms with E-state index >= 15 is 0 Å². The second-order valence-electron chi connectivity index (χ2n) is 8.91. The van der Waals surface area contributed by atoms with Crippen LogP contribution in [-0.2, 0) is 12.0 Å². The predicted molar refractivity (Wildman–Crippen MR) is 114 cm³/mol. The molecule has 7 nitrogen and oxygen atoms in total. The number of pyridine rings is 1. The van der Waals surface area contributed by atoms with Gasteiger partial charge in [-0.25, -0.2) is 14.6 Å². The van der Waals surface area contributed by atoms with Crippen LogP contribution in [0.4, 0.5) is 5.82 Å². The number of nitrogens with zero attached hydrogens (tertiary/aromatic N) is 6. The average molecular weight is 393 g/mol. The quantitative estimate of drug-likeness (QED) is 0.682. The van der Waals surface area contributed by atoms with Crippen LogP contribution in [0.2, 0.25) is 0 Å². The first-order valence-corrected chi connectivity index (χ1v) is 10.2.